The zero-order valence-corrected chi connectivity index (χ0v) is 26.1. The molecular weight excluding hydrogens is 570 g/mol. The van der Waals surface area contributed by atoms with Gasteiger partial charge in [-0.2, -0.15) is 0 Å². The largest absolute Gasteiger partial charge is 0.352 e. The number of carbonyl (C=O) groups is 2. The smallest absolute Gasteiger partial charge is 0.244 e. The Morgan fingerprint density at radius 2 is 1.62 bits per heavy atom. The van der Waals surface area contributed by atoms with Crippen LogP contribution in [-0.2, 0) is 32.6 Å². The van der Waals surface area contributed by atoms with Crippen LogP contribution in [0, 0.1) is 13.8 Å². The predicted molar refractivity (Wildman–Crippen MR) is 169 cm³/mol. The fourth-order valence-corrected chi connectivity index (χ4v) is 6.73. The Balaban J connectivity index is 1.74. The molecule has 0 radical (unpaired) electrons. The number of anilines is 1. The van der Waals surface area contributed by atoms with Crippen molar-refractivity contribution in [2.24, 2.45) is 0 Å². The van der Waals surface area contributed by atoms with Crippen molar-refractivity contribution in [1.82, 2.24) is 10.2 Å². The number of hydrogen-bond acceptors (Lipinski definition) is 4. The average molecular weight is 610 g/mol. The molecule has 0 heterocycles. The van der Waals surface area contributed by atoms with Crippen LogP contribution < -0.4 is 9.62 Å². The van der Waals surface area contributed by atoms with Crippen molar-refractivity contribution in [3.63, 3.8) is 0 Å². The molecule has 42 heavy (non-hydrogen) atoms. The molecule has 3 aromatic rings. The summed E-state index contributed by atoms with van der Waals surface area (Å²) in [5, 5.41) is 3.69. The van der Waals surface area contributed by atoms with Gasteiger partial charge in [0.1, 0.15) is 12.6 Å². The van der Waals surface area contributed by atoms with E-state index in [1.54, 1.807) is 30.0 Å². The van der Waals surface area contributed by atoms with Gasteiger partial charge < -0.3 is 10.2 Å². The Labute approximate surface area is 254 Å². The maximum Gasteiger partial charge on any atom is 0.244 e. The van der Waals surface area contributed by atoms with E-state index in [9.17, 15) is 18.0 Å². The lowest BCUT2D eigenvalue weighted by Crippen LogP contribution is -2.55. The highest BCUT2D eigenvalue weighted by Gasteiger charge is 2.34. The number of rotatable bonds is 11. The minimum Gasteiger partial charge on any atom is -0.352 e. The zero-order chi connectivity index (χ0) is 30.3. The second kappa shape index (κ2) is 14.2. The standard InChI is InChI=1S/C33H40ClN3O4S/c1-24-11-10-14-27(19-24)22-36(32(38)23-37(42(3,40)41)30-18-17-28(34)20-25(30)2)31(21-26-12-6-4-7-13-26)33(39)35-29-15-8-5-9-16-29/h4,6-7,10-14,17-20,29,31H,5,8-9,15-16,21-23H2,1-3H3,(H,35,39)/t31-/m0/s1. The molecule has 1 aliphatic carbocycles. The van der Waals surface area contributed by atoms with Gasteiger partial charge in [0.05, 0.1) is 11.9 Å². The van der Waals surface area contributed by atoms with Crippen molar-refractivity contribution in [3.05, 3.63) is 100 Å². The van der Waals surface area contributed by atoms with E-state index in [1.165, 1.54) is 0 Å². The number of halogens is 1. The summed E-state index contributed by atoms with van der Waals surface area (Å²) >= 11 is 6.14. The average Bonchev–Trinajstić information content (AvgIpc) is 2.94. The van der Waals surface area contributed by atoms with Gasteiger partial charge in [0.15, 0.2) is 0 Å². The maximum atomic E-state index is 14.3. The van der Waals surface area contributed by atoms with Crippen molar-refractivity contribution < 1.29 is 18.0 Å². The second-order valence-electron chi connectivity index (χ2n) is 11.3. The van der Waals surface area contributed by atoms with Crippen molar-refractivity contribution in [2.75, 3.05) is 17.1 Å². The summed E-state index contributed by atoms with van der Waals surface area (Å²) in [5.41, 5.74) is 3.80. The maximum absolute atomic E-state index is 14.3. The molecule has 1 fully saturated rings. The molecule has 224 valence electrons. The van der Waals surface area contributed by atoms with Gasteiger partial charge in [-0.3, -0.25) is 13.9 Å². The molecule has 0 spiro atoms. The Bertz CT molecular complexity index is 1490. The third kappa shape index (κ3) is 8.58. The summed E-state index contributed by atoms with van der Waals surface area (Å²) < 4.78 is 27.2. The van der Waals surface area contributed by atoms with E-state index in [0.29, 0.717) is 22.7 Å². The molecule has 9 heteroatoms. The Hall–Kier alpha value is -3.36. The predicted octanol–water partition coefficient (Wildman–Crippen LogP) is 5.81. The molecule has 0 bridgehead atoms. The highest BCUT2D eigenvalue weighted by Crippen LogP contribution is 2.27. The molecule has 7 nitrogen and oxygen atoms in total. The number of amides is 2. The van der Waals surface area contributed by atoms with Crippen molar-refractivity contribution >= 4 is 39.1 Å². The van der Waals surface area contributed by atoms with Crippen LogP contribution in [0.1, 0.15) is 54.4 Å². The van der Waals surface area contributed by atoms with Crippen molar-refractivity contribution in [1.29, 1.82) is 0 Å². The van der Waals surface area contributed by atoms with Crippen molar-refractivity contribution in [2.45, 2.75) is 71.0 Å². The minimum absolute atomic E-state index is 0.0599. The first-order chi connectivity index (χ1) is 20.0. The molecule has 3 aromatic carbocycles. The highest BCUT2D eigenvalue weighted by molar-refractivity contribution is 7.92. The monoisotopic (exact) mass is 609 g/mol. The summed E-state index contributed by atoms with van der Waals surface area (Å²) in [6.45, 7) is 3.44. The normalized spacial score (nSPS) is 14.7. The first kappa shape index (κ1) is 31.6. The van der Waals surface area contributed by atoms with Crippen LogP contribution >= 0.6 is 11.6 Å². The molecule has 0 aliphatic heterocycles. The van der Waals surface area contributed by atoms with E-state index in [1.807, 2.05) is 61.5 Å². The molecule has 0 aromatic heterocycles. The van der Waals surface area contributed by atoms with Crippen LogP contribution in [0.5, 0.6) is 0 Å². The van der Waals surface area contributed by atoms with E-state index in [4.69, 9.17) is 11.6 Å². The lowest BCUT2D eigenvalue weighted by atomic mass is 9.94. The molecule has 1 atom stereocenters. The Morgan fingerprint density at radius 3 is 2.26 bits per heavy atom. The molecule has 1 aliphatic rings. The van der Waals surface area contributed by atoms with Crippen LogP contribution in [0.2, 0.25) is 5.02 Å². The summed E-state index contributed by atoms with van der Waals surface area (Å²) in [6, 6.07) is 21.5. The van der Waals surface area contributed by atoms with E-state index in [2.05, 4.69) is 5.32 Å². The summed E-state index contributed by atoms with van der Waals surface area (Å²) in [6.07, 6.45) is 6.48. The fraction of sp³-hybridized carbons (Fsp3) is 0.394. The first-order valence-electron chi connectivity index (χ1n) is 14.4. The van der Waals surface area contributed by atoms with Gasteiger partial charge in [-0.25, -0.2) is 8.42 Å². The van der Waals surface area contributed by atoms with Crippen LogP contribution in [0.25, 0.3) is 0 Å². The van der Waals surface area contributed by atoms with Crippen LogP contribution in [0.4, 0.5) is 5.69 Å². The summed E-state index contributed by atoms with van der Waals surface area (Å²) in [5.74, 6) is -0.684. The topological polar surface area (TPSA) is 86.8 Å². The number of sulfonamides is 1. The second-order valence-corrected chi connectivity index (χ2v) is 13.6. The van der Waals surface area contributed by atoms with Gasteiger partial charge in [0.2, 0.25) is 21.8 Å². The van der Waals surface area contributed by atoms with E-state index in [-0.39, 0.29) is 18.5 Å². The third-order valence-electron chi connectivity index (χ3n) is 7.76. The van der Waals surface area contributed by atoms with E-state index < -0.39 is 28.5 Å². The van der Waals surface area contributed by atoms with Crippen LogP contribution in [-0.4, -0.2) is 50.0 Å². The number of benzene rings is 3. The van der Waals surface area contributed by atoms with Gasteiger partial charge >= 0.3 is 0 Å². The molecule has 0 saturated heterocycles. The molecule has 4 rings (SSSR count). The lowest BCUT2D eigenvalue weighted by Gasteiger charge is -2.35. The number of nitrogens with one attached hydrogen (secondary N) is 1. The summed E-state index contributed by atoms with van der Waals surface area (Å²) in [4.78, 5) is 29.8. The van der Waals surface area contributed by atoms with Gasteiger partial charge in [-0.05, 0) is 61.6 Å². The molecule has 0 unspecified atom stereocenters. The van der Waals surface area contributed by atoms with Gasteiger partial charge in [-0.15, -0.1) is 0 Å². The number of nitrogens with zero attached hydrogens (tertiary/aromatic N) is 2. The Kier molecular flexibility index (Phi) is 10.7. The quantitative estimate of drug-likeness (QED) is 0.297. The van der Waals surface area contributed by atoms with E-state index >= 15 is 0 Å². The minimum atomic E-state index is -3.85. The SMILES string of the molecule is Cc1cccc(CN(C(=O)CN(c2ccc(Cl)cc2C)S(C)(=O)=O)[C@@H](Cc2ccccc2)C(=O)NC2CCCCC2)c1. The van der Waals surface area contributed by atoms with Gasteiger partial charge in [0.25, 0.3) is 0 Å². The van der Waals surface area contributed by atoms with Crippen LogP contribution in [0.15, 0.2) is 72.8 Å². The number of carbonyl (C=O) groups excluding carboxylic acids is 2. The molecule has 2 amide bonds. The van der Waals surface area contributed by atoms with Gasteiger partial charge in [0, 0.05) is 24.0 Å². The number of hydrogen-bond donors (Lipinski definition) is 1. The first-order valence-corrected chi connectivity index (χ1v) is 16.7. The number of aryl methyl sites for hydroxylation is 2. The zero-order valence-electron chi connectivity index (χ0n) is 24.6. The Morgan fingerprint density at radius 1 is 0.929 bits per heavy atom. The van der Waals surface area contributed by atoms with Crippen LogP contribution in [0.3, 0.4) is 0 Å². The molecular formula is C33H40ClN3O4S. The van der Waals surface area contributed by atoms with E-state index in [0.717, 1.165) is 59.4 Å². The third-order valence-corrected chi connectivity index (χ3v) is 9.13. The molecule has 1 saturated carbocycles. The lowest BCUT2D eigenvalue weighted by molar-refractivity contribution is -0.140. The fourth-order valence-electron chi connectivity index (χ4n) is 5.60. The summed E-state index contributed by atoms with van der Waals surface area (Å²) in [7, 11) is -3.85. The highest BCUT2D eigenvalue weighted by atomic mass is 35.5. The molecule has 1 N–H and O–H groups in total. The van der Waals surface area contributed by atoms with Crippen molar-refractivity contribution in [3.8, 4) is 0 Å². The van der Waals surface area contributed by atoms with Gasteiger partial charge in [-0.1, -0.05) is 91.0 Å².